The van der Waals surface area contributed by atoms with Gasteiger partial charge in [0.2, 0.25) is 0 Å². The Morgan fingerprint density at radius 2 is 1.69 bits per heavy atom. The molecule has 0 saturated heterocycles. The van der Waals surface area contributed by atoms with Crippen LogP contribution < -0.4 is 9.47 Å². The summed E-state index contributed by atoms with van der Waals surface area (Å²) in [4.78, 5) is 25.6. The fourth-order valence-electron chi connectivity index (χ4n) is 3.07. The molecule has 0 aliphatic heterocycles. The number of aryl methyl sites for hydroxylation is 1. The largest absolute Gasteiger partial charge is 0.496 e. The Balaban J connectivity index is 2.19. The molecule has 6 nitrogen and oxygen atoms in total. The molecule has 154 valence electrons. The standard InChI is InChI=1S/C23H27NO5/c1-17-20(28-2)15-19(16-21(17)29-3)23(27)24(14-8-12-22(25)26)13-7-11-18-9-5-4-6-10-18/h4-6,8-10,12,15-16H,7,11,13-14H2,1-3H3,(H,25,26)/b12-8+. The molecule has 2 aromatic rings. The molecule has 0 atom stereocenters. The Morgan fingerprint density at radius 1 is 1.07 bits per heavy atom. The summed E-state index contributed by atoms with van der Waals surface area (Å²) >= 11 is 0. The maximum absolute atomic E-state index is 13.1. The highest BCUT2D eigenvalue weighted by atomic mass is 16.5. The zero-order chi connectivity index (χ0) is 21.2. The summed E-state index contributed by atoms with van der Waals surface area (Å²) in [6.45, 7) is 2.56. The number of carboxylic acid groups (broad SMARTS) is 1. The van der Waals surface area contributed by atoms with E-state index < -0.39 is 5.97 Å². The molecule has 0 saturated carbocycles. The summed E-state index contributed by atoms with van der Waals surface area (Å²) in [5.41, 5.74) is 2.44. The number of carbonyl (C=O) groups excluding carboxylic acids is 1. The number of rotatable bonds is 10. The molecule has 1 amide bonds. The maximum Gasteiger partial charge on any atom is 0.328 e. The van der Waals surface area contributed by atoms with Crippen LogP contribution in [0.15, 0.2) is 54.6 Å². The van der Waals surface area contributed by atoms with E-state index in [0.29, 0.717) is 23.6 Å². The highest BCUT2D eigenvalue weighted by Gasteiger charge is 2.18. The van der Waals surface area contributed by atoms with Crippen LogP contribution in [0.1, 0.15) is 27.9 Å². The number of hydrogen-bond acceptors (Lipinski definition) is 4. The Hall–Kier alpha value is -3.28. The van der Waals surface area contributed by atoms with Gasteiger partial charge in [-0.3, -0.25) is 4.79 Å². The van der Waals surface area contributed by atoms with E-state index in [1.807, 2.05) is 37.3 Å². The van der Waals surface area contributed by atoms with Gasteiger partial charge in [0.1, 0.15) is 11.5 Å². The number of methoxy groups -OCH3 is 2. The summed E-state index contributed by atoms with van der Waals surface area (Å²) in [6, 6.07) is 13.4. The number of aliphatic carboxylic acids is 1. The molecule has 0 spiro atoms. The summed E-state index contributed by atoms with van der Waals surface area (Å²) in [7, 11) is 3.09. The van der Waals surface area contributed by atoms with E-state index in [0.717, 1.165) is 24.5 Å². The van der Waals surface area contributed by atoms with Gasteiger partial charge >= 0.3 is 5.97 Å². The van der Waals surface area contributed by atoms with E-state index in [4.69, 9.17) is 14.6 Å². The monoisotopic (exact) mass is 397 g/mol. The van der Waals surface area contributed by atoms with Crippen LogP contribution in [0.5, 0.6) is 11.5 Å². The first-order valence-corrected chi connectivity index (χ1v) is 9.41. The van der Waals surface area contributed by atoms with Crippen LogP contribution >= 0.6 is 0 Å². The molecule has 1 N–H and O–H groups in total. The smallest absolute Gasteiger partial charge is 0.328 e. The van der Waals surface area contributed by atoms with E-state index in [-0.39, 0.29) is 12.5 Å². The van der Waals surface area contributed by atoms with Crippen molar-refractivity contribution in [3.63, 3.8) is 0 Å². The Kier molecular flexibility index (Phi) is 8.27. The summed E-state index contributed by atoms with van der Waals surface area (Å²) in [5, 5.41) is 8.85. The van der Waals surface area contributed by atoms with Gasteiger partial charge in [-0.05, 0) is 37.5 Å². The van der Waals surface area contributed by atoms with E-state index in [1.54, 1.807) is 31.3 Å². The molecule has 0 aliphatic carbocycles. The van der Waals surface area contributed by atoms with Gasteiger partial charge in [0.15, 0.2) is 0 Å². The lowest BCUT2D eigenvalue weighted by Gasteiger charge is -2.22. The highest BCUT2D eigenvalue weighted by Crippen LogP contribution is 2.30. The lowest BCUT2D eigenvalue weighted by atomic mass is 10.1. The average molecular weight is 397 g/mol. The van der Waals surface area contributed by atoms with Crippen molar-refractivity contribution < 1.29 is 24.2 Å². The van der Waals surface area contributed by atoms with Crippen LogP contribution in [0.25, 0.3) is 0 Å². The van der Waals surface area contributed by atoms with E-state index in [1.165, 1.54) is 11.6 Å². The van der Waals surface area contributed by atoms with Crippen LogP contribution in [0, 0.1) is 6.92 Å². The van der Waals surface area contributed by atoms with Crippen LogP contribution in [-0.2, 0) is 11.2 Å². The lowest BCUT2D eigenvalue weighted by molar-refractivity contribution is -0.131. The van der Waals surface area contributed by atoms with E-state index in [9.17, 15) is 9.59 Å². The fraction of sp³-hybridized carbons (Fsp3) is 0.304. The van der Waals surface area contributed by atoms with Crippen molar-refractivity contribution >= 4 is 11.9 Å². The van der Waals surface area contributed by atoms with Crippen LogP contribution in [0.4, 0.5) is 0 Å². The Labute approximate surface area is 171 Å². The van der Waals surface area contributed by atoms with Gasteiger partial charge < -0.3 is 19.5 Å². The molecular weight excluding hydrogens is 370 g/mol. The number of nitrogens with zero attached hydrogens (tertiary/aromatic N) is 1. The molecular formula is C23H27NO5. The van der Waals surface area contributed by atoms with E-state index >= 15 is 0 Å². The topological polar surface area (TPSA) is 76.1 Å². The van der Waals surface area contributed by atoms with E-state index in [2.05, 4.69) is 0 Å². The second-order valence-electron chi connectivity index (χ2n) is 6.59. The lowest BCUT2D eigenvalue weighted by Crippen LogP contribution is -2.32. The first-order valence-electron chi connectivity index (χ1n) is 9.41. The first-order chi connectivity index (χ1) is 14.0. The molecule has 0 aromatic heterocycles. The molecule has 6 heteroatoms. The second kappa shape index (κ2) is 10.9. The van der Waals surface area contributed by atoms with Crippen molar-refractivity contribution in [1.82, 2.24) is 4.90 Å². The van der Waals surface area contributed by atoms with Crippen molar-refractivity contribution in [2.24, 2.45) is 0 Å². The van der Waals surface area contributed by atoms with Crippen LogP contribution in [0.2, 0.25) is 0 Å². The SMILES string of the molecule is COc1cc(C(=O)N(C/C=C/C(=O)O)CCCc2ccccc2)cc(OC)c1C. The van der Waals surface area contributed by atoms with Crippen LogP contribution in [0.3, 0.4) is 0 Å². The summed E-state index contributed by atoms with van der Waals surface area (Å²) in [6.07, 6.45) is 4.11. The van der Waals surface area contributed by atoms with Crippen molar-refractivity contribution in [3.8, 4) is 11.5 Å². The average Bonchev–Trinajstić information content (AvgIpc) is 2.73. The van der Waals surface area contributed by atoms with Gasteiger partial charge in [0.25, 0.3) is 5.91 Å². The predicted octanol–water partition coefficient (Wildman–Crippen LogP) is 3.73. The predicted molar refractivity (Wildman–Crippen MR) is 112 cm³/mol. The molecule has 2 aromatic carbocycles. The van der Waals surface area contributed by atoms with Gasteiger partial charge in [-0.2, -0.15) is 0 Å². The third-order valence-corrected chi connectivity index (χ3v) is 4.61. The van der Waals surface area contributed by atoms with Crippen molar-refractivity contribution in [2.75, 3.05) is 27.3 Å². The molecule has 0 bridgehead atoms. The van der Waals surface area contributed by atoms with Gasteiger partial charge in [-0.25, -0.2) is 4.79 Å². The number of amides is 1. The Bertz CT molecular complexity index is 836. The molecule has 0 fully saturated rings. The Morgan fingerprint density at radius 3 is 2.24 bits per heavy atom. The van der Waals surface area contributed by atoms with Gasteiger partial charge in [-0.15, -0.1) is 0 Å². The third kappa shape index (κ3) is 6.38. The number of hydrogen-bond donors (Lipinski definition) is 1. The molecule has 0 heterocycles. The van der Waals surface area contributed by atoms with Crippen molar-refractivity contribution in [3.05, 3.63) is 71.3 Å². The second-order valence-corrected chi connectivity index (χ2v) is 6.59. The minimum Gasteiger partial charge on any atom is -0.496 e. The number of benzene rings is 2. The minimum absolute atomic E-state index is 0.204. The summed E-state index contributed by atoms with van der Waals surface area (Å²) in [5.74, 6) is -0.110. The third-order valence-electron chi connectivity index (χ3n) is 4.61. The normalized spacial score (nSPS) is 10.7. The fourth-order valence-corrected chi connectivity index (χ4v) is 3.07. The maximum atomic E-state index is 13.1. The number of carbonyl (C=O) groups is 2. The van der Waals surface area contributed by atoms with Gasteiger partial charge in [-0.1, -0.05) is 36.4 Å². The minimum atomic E-state index is -1.04. The molecule has 29 heavy (non-hydrogen) atoms. The number of ether oxygens (including phenoxy) is 2. The highest BCUT2D eigenvalue weighted by molar-refractivity contribution is 5.95. The molecule has 0 unspecified atom stereocenters. The zero-order valence-corrected chi connectivity index (χ0v) is 17.1. The summed E-state index contributed by atoms with van der Waals surface area (Å²) < 4.78 is 10.7. The van der Waals surface area contributed by atoms with Crippen LogP contribution in [-0.4, -0.2) is 49.2 Å². The zero-order valence-electron chi connectivity index (χ0n) is 17.1. The molecule has 2 rings (SSSR count). The number of carboxylic acids is 1. The quantitative estimate of drug-likeness (QED) is 0.618. The first kappa shape index (κ1) is 22.0. The van der Waals surface area contributed by atoms with Crippen molar-refractivity contribution in [2.45, 2.75) is 19.8 Å². The van der Waals surface area contributed by atoms with Gasteiger partial charge in [0.05, 0.1) is 14.2 Å². The van der Waals surface area contributed by atoms with Gasteiger partial charge in [0, 0.05) is 30.3 Å². The molecule has 0 radical (unpaired) electrons. The molecule has 0 aliphatic rings. The van der Waals surface area contributed by atoms with Crippen molar-refractivity contribution in [1.29, 1.82) is 0 Å².